The van der Waals surface area contributed by atoms with Crippen molar-refractivity contribution in [1.82, 2.24) is 5.32 Å². The molecule has 0 saturated heterocycles. The Balaban J connectivity index is 2.00. The van der Waals surface area contributed by atoms with E-state index < -0.39 is 0 Å². The summed E-state index contributed by atoms with van der Waals surface area (Å²) in [6.45, 7) is 6.29. The minimum atomic E-state index is 0.502. The van der Waals surface area contributed by atoms with Gasteiger partial charge >= 0.3 is 0 Å². The number of furan rings is 1. The SMILES string of the molecule is CCNCc1occc1COc1ccc(Cl)c(CC)c1. The Bertz CT molecular complexity index is 551. The third-order valence-corrected chi connectivity index (χ3v) is 3.53. The van der Waals surface area contributed by atoms with Crippen molar-refractivity contribution in [2.45, 2.75) is 33.4 Å². The molecule has 0 spiro atoms. The van der Waals surface area contributed by atoms with E-state index in [1.807, 2.05) is 24.3 Å². The van der Waals surface area contributed by atoms with Gasteiger partial charge < -0.3 is 14.5 Å². The predicted molar refractivity (Wildman–Crippen MR) is 81.3 cm³/mol. The molecule has 2 rings (SSSR count). The molecule has 0 saturated carbocycles. The lowest BCUT2D eigenvalue weighted by atomic mass is 10.1. The van der Waals surface area contributed by atoms with Crippen molar-refractivity contribution in [2.24, 2.45) is 0 Å². The Morgan fingerprint density at radius 1 is 1.20 bits per heavy atom. The summed E-state index contributed by atoms with van der Waals surface area (Å²) in [5.41, 5.74) is 2.17. The Morgan fingerprint density at radius 3 is 2.80 bits per heavy atom. The summed E-state index contributed by atoms with van der Waals surface area (Å²) < 4.78 is 11.3. The zero-order valence-corrected chi connectivity index (χ0v) is 12.7. The van der Waals surface area contributed by atoms with Gasteiger partial charge in [-0.25, -0.2) is 0 Å². The van der Waals surface area contributed by atoms with Crippen LogP contribution in [-0.2, 0) is 19.6 Å². The van der Waals surface area contributed by atoms with Crippen molar-refractivity contribution >= 4 is 11.6 Å². The van der Waals surface area contributed by atoms with Gasteiger partial charge in [0.05, 0.1) is 12.8 Å². The summed E-state index contributed by atoms with van der Waals surface area (Å²) in [4.78, 5) is 0. The molecule has 0 radical (unpaired) electrons. The van der Waals surface area contributed by atoms with Gasteiger partial charge in [-0.15, -0.1) is 0 Å². The molecule has 4 heteroatoms. The van der Waals surface area contributed by atoms with Gasteiger partial charge in [0, 0.05) is 10.6 Å². The number of halogens is 1. The first-order valence-corrected chi connectivity index (χ1v) is 7.29. The molecule has 0 amide bonds. The van der Waals surface area contributed by atoms with Crippen molar-refractivity contribution in [3.63, 3.8) is 0 Å². The van der Waals surface area contributed by atoms with Crippen LogP contribution in [0.2, 0.25) is 5.02 Å². The molecule has 0 bridgehead atoms. The van der Waals surface area contributed by atoms with Gasteiger partial charge in [0.15, 0.2) is 0 Å². The number of ether oxygens (including phenoxy) is 1. The van der Waals surface area contributed by atoms with Crippen molar-refractivity contribution in [1.29, 1.82) is 0 Å². The van der Waals surface area contributed by atoms with Gasteiger partial charge in [0.2, 0.25) is 0 Å². The molecule has 0 aliphatic carbocycles. The topological polar surface area (TPSA) is 34.4 Å². The fraction of sp³-hybridized carbons (Fsp3) is 0.375. The molecule has 1 aromatic carbocycles. The minimum absolute atomic E-state index is 0.502. The predicted octanol–water partition coefficient (Wildman–Crippen LogP) is 4.18. The van der Waals surface area contributed by atoms with Gasteiger partial charge in [-0.1, -0.05) is 25.4 Å². The molecular weight excluding hydrogens is 274 g/mol. The maximum atomic E-state index is 6.10. The molecule has 0 unspecified atom stereocenters. The third kappa shape index (κ3) is 3.78. The summed E-state index contributed by atoms with van der Waals surface area (Å²) >= 11 is 6.10. The van der Waals surface area contributed by atoms with Gasteiger partial charge in [-0.2, -0.15) is 0 Å². The van der Waals surface area contributed by atoms with Crippen LogP contribution >= 0.6 is 11.6 Å². The van der Waals surface area contributed by atoms with Gasteiger partial charge in [0.1, 0.15) is 18.1 Å². The summed E-state index contributed by atoms with van der Waals surface area (Å²) in [6, 6.07) is 7.71. The number of aryl methyl sites for hydroxylation is 1. The highest BCUT2D eigenvalue weighted by Crippen LogP contribution is 2.23. The van der Waals surface area contributed by atoms with Crippen molar-refractivity contribution < 1.29 is 9.15 Å². The van der Waals surface area contributed by atoms with Crippen LogP contribution in [0.25, 0.3) is 0 Å². The van der Waals surface area contributed by atoms with Crippen molar-refractivity contribution in [3.05, 3.63) is 52.4 Å². The number of hydrogen-bond donors (Lipinski definition) is 1. The van der Waals surface area contributed by atoms with E-state index in [4.69, 9.17) is 20.8 Å². The average Bonchev–Trinajstić information content (AvgIpc) is 2.91. The van der Waals surface area contributed by atoms with Crippen LogP contribution in [-0.4, -0.2) is 6.54 Å². The molecule has 0 aliphatic rings. The number of hydrogen-bond acceptors (Lipinski definition) is 3. The van der Waals surface area contributed by atoms with E-state index in [-0.39, 0.29) is 0 Å². The van der Waals surface area contributed by atoms with E-state index in [2.05, 4.69) is 19.2 Å². The van der Waals surface area contributed by atoms with Crippen LogP contribution in [0.5, 0.6) is 5.75 Å². The molecule has 20 heavy (non-hydrogen) atoms. The van der Waals surface area contributed by atoms with E-state index in [1.165, 1.54) is 0 Å². The van der Waals surface area contributed by atoms with Crippen LogP contribution in [0.4, 0.5) is 0 Å². The standard InChI is InChI=1S/C16H20ClNO2/c1-3-12-9-14(5-6-15(12)17)20-11-13-7-8-19-16(13)10-18-4-2/h5-9,18H,3-4,10-11H2,1-2H3. The van der Waals surface area contributed by atoms with Gasteiger partial charge in [-0.05, 0) is 42.8 Å². The molecule has 1 heterocycles. The Labute approximate surface area is 124 Å². The fourth-order valence-electron chi connectivity index (χ4n) is 1.96. The largest absolute Gasteiger partial charge is 0.489 e. The smallest absolute Gasteiger partial charge is 0.124 e. The lowest BCUT2D eigenvalue weighted by Gasteiger charge is -2.09. The molecule has 1 N–H and O–H groups in total. The lowest BCUT2D eigenvalue weighted by molar-refractivity contribution is 0.301. The number of benzene rings is 1. The fourth-order valence-corrected chi connectivity index (χ4v) is 2.21. The Morgan fingerprint density at radius 2 is 2.05 bits per heavy atom. The van der Waals surface area contributed by atoms with Crippen LogP contribution in [0, 0.1) is 0 Å². The van der Waals surface area contributed by atoms with Crippen molar-refractivity contribution in [3.8, 4) is 5.75 Å². The Kier molecular flexibility index (Phi) is 5.50. The quantitative estimate of drug-likeness (QED) is 0.831. The maximum absolute atomic E-state index is 6.10. The first kappa shape index (κ1) is 14.9. The monoisotopic (exact) mass is 293 g/mol. The zero-order valence-electron chi connectivity index (χ0n) is 11.9. The van der Waals surface area contributed by atoms with E-state index in [9.17, 15) is 0 Å². The second-order valence-electron chi connectivity index (χ2n) is 4.54. The second-order valence-corrected chi connectivity index (χ2v) is 4.95. The second kappa shape index (κ2) is 7.36. The minimum Gasteiger partial charge on any atom is -0.489 e. The van der Waals surface area contributed by atoms with Crippen LogP contribution in [0.3, 0.4) is 0 Å². The van der Waals surface area contributed by atoms with Crippen LogP contribution in [0.15, 0.2) is 34.9 Å². The molecule has 0 aliphatic heterocycles. The highest BCUT2D eigenvalue weighted by Gasteiger charge is 2.07. The van der Waals surface area contributed by atoms with E-state index >= 15 is 0 Å². The molecule has 108 valence electrons. The summed E-state index contributed by atoms with van der Waals surface area (Å²) in [5, 5.41) is 4.04. The first-order chi connectivity index (χ1) is 9.74. The molecule has 3 nitrogen and oxygen atoms in total. The third-order valence-electron chi connectivity index (χ3n) is 3.17. The number of nitrogens with one attached hydrogen (secondary N) is 1. The molecule has 0 fully saturated rings. The van der Waals surface area contributed by atoms with E-state index in [0.29, 0.717) is 6.61 Å². The molecule has 2 aromatic rings. The summed E-state index contributed by atoms with van der Waals surface area (Å²) in [5.74, 6) is 1.76. The summed E-state index contributed by atoms with van der Waals surface area (Å²) in [6.07, 6.45) is 2.60. The van der Waals surface area contributed by atoms with Gasteiger partial charge in [0.25, 0.3) is 0 Å². The zero-order chi connectivity index (χ0) is 14.4. The number of rotatable bonds is 7. The highest BCUT2D eigenvalue weighted by atomic mass is 35.5. The lowest BCUT2D eigenvalue weighted by Crippen LogP contribution is -2.12. The van der Waals surface area contributed by atoms with Crippen molar-refractivity contribution in [2.75, 3.05) is 6.54 Å². The normalized spacial score (nSPS) is 10.8. The highest BCUT2D eigenvalue weighted by molar-refractivity contribution is 6.31. The van der Waals surface area contributed by atoms with E-state index in [0.717, 1.165) is 47.2 Å². The average molecular weight is 294 g/mol. The van der Waals surface area contributed by atoms with E-state index in [1.54, 1.807) is 6.26 Å². The molecule has 0 atom stereocenters. The first-order valence-electron chi connectivity index (χ1n) is 6.91. The molecule has 1 aromatic heterocycles. The maximum Gasteiger partial charge on any atom is 0.124 e. The van der Waals surface area contributed by atoms with Gasteiger partial charge in [-0.3, -0.25) is 0 Å². The summed E-state index contributed by atoms with van der Waals surface area (Å²) in [7, 11) is 0. The Hall–Kier alpha value is -1.45. The molecular formula is C16H20ClNO2. The van der Waals surface area contributed by atoms with Crippen LogP contribution in [0.1, 0.15) is 30.7 Å². The van der Waals surface area contributed by atoms with Crippen LogP contribution < -0.4 is 10.1 Å².